The molecule has 3 heteroatoms. The van der Waals surface area contributed by atoms with Crippen molar-refractivity contribution in [2.45, 2.75) is 32.9 Å². The van der Waals surface area contributed by atoms with Gasteiger partial charge in [0, 0.05) is 23.2 Å². The van der Waals surface area contributed by atoms with Gasteiger partial charge in [-0.3, -0.25) is 0 Å². The van der Waals surface area contributed by atoms with Crippen molar-refractivity contribution >= 4 is 10.9 Å². The zero-order valence-corrected chi connectivity index (χ0v) is 9.74. The lowest BCUT2D eigenvalue weighted by atomic mass is 10.1. The highest BCUT2D eigenvalue weighted by atomic mass is 19.1. The molecule has 1 unspecified atom stereocenters. The Bertz CT molecular complexity index is 514. The number of aromatic nitrogens is 1. The third kappa shape index (κ3) is 1.61. The van der Waals surface area contributed by atoms with Gasteiger partial charge in [-0.2, -0.15) is 0 Å². The Morgan fingerprint density at radius 1 is 1.25 bits per heavy atom. The Kier molecular flexibility index (Phi) is 2.72. The molecule has 1 N–H and O–H groups in total. The van der Waals surface area contributed by atoms with Crippen molar-refractivity contribution in [1.82, 2.24) is 4.57 Å². The van der Waals surface area contributed by atoms with Gasteiger partial charge in [0.2, 0.25) is 0 Å². The third-order valence-corrected chi connectivity index (χ3v) is 2.84. The molecule has 0 saturated carbocycles. The van der Waals surface area contributed by atoms with Crippen molar-refractivity contribution in [1.29, 1.82) is 0 Å². The molecule has 1 aromatic carbocycles. The fourth-order valence-electron chi connectivity index (χ4n) is 2.03. The van der Waals surface area contributed by atoms with Crippen LogP contribution in [-0.2, 0) is 0 Å². The molecular formula is C13H16FNO. The van der Waals surface area contributed by atoms with Crippen molar-refractivity contribution in [3.8, 4) is 0 Å². The van der Waals surface area contributed by atoms with Crippen molar-refractivity contribution in [2.24, 2.45) is 0 Å². The van der Waals surface area contributed by atoms with Gasteiger partial charge in [0.15, 0.2) is 0 Å². The molecule has 0 radical (unpaired) electrons. The second-order valence-electron chi connectivity index (χ2n) is 4.40. The van der Waals surface area contributed by atoms with E-state index in [1.54, 1.807) is 13.0 Å². The largest absolute Gasteiger partial charge is 0.389 e. The summed E-state index contributed by atoms with van der Waals surface area (Å²) < 4.78 is 15.6. The summed E-state index contributed by atoms with van der Waals surface area (Å²) in [5.74, 6) is -0.238. The second kappa shape index (κ2) is 3.91. The summed E-state index contributed by atoms with van der Waals surface area (Å²) in [5.41, 5.74) is 1.36. The summed E-state index contributed by atoms with van der Waals surface area (Å²) in [4.78, 5) is 0. The van der Waals surface area contributed by atoms with Crippen LogP contribution in [0.15, 0.2) is 24.4 Å². The Morgan fingerprint density at radius 3 is 2.50 bits per heavy atom. The molecule has 16 heavy (non-hydrogen) atoms. The molecule has 1 heterocycles. The smallest absolute Gasteiger partial charge is 0.147 e. The molecule has 0 aliphatic rings. The Hall–Kier alpha value is -1.35. The normalized spacial score (nSPS) is 13.6. The maximum atomic E-state index is 13.8. The van der Waals surface area contributed by atoms with Crippen LogP contribution in [0.5, 0.6) is 0 Å². The maximum Gasteiger partial charge on any atom is 0.147 e. The minimum absolute atomic E-state index is 0.173. The fraction of sp³-hybridized carbons (Fsp3) is 0.385. The van der Waals surface area contributed by atoms with Crippen LogP contribution >= 0.6 is 0 Å². The summed E-state index contributed by atoms with van der Waals surface area (Å²) in [6, 6.07) is 5.15. The number of rotatable bonds is 2. The van der Waals surface area contributed by atoms with Gasteiger partial charge in [-0.1, -0.05) is 12.1 Å². The number of aliphatic hydroxyl groups is 1. The first-order chi connectivity index (χ1) is 7.52. The molecule has 0 saturated heterocycles. The van der Waals surface area contributed by atoms with Gasteiger partial charge >= 0.3 is 0 Å². The standard InChI is InChI=1S/C13H16FNO/c1-8(2)15-7-11(9(3)16)10-5-4-6-12(14)13(10)15/h4-9,16H,1-3H3. The van der Waals surface area contributed by atoms with Gasteiger partial charge in [-0.05, 0) is 26.8 Å². The van der Waals surface area contributed by atoms with Crippen molar-refractivity contribution < 1.29 is 9.50 Å². The SMILES string of the molecule is CC(O)c1cn(C(C)C)c2c(F)cccc12. The highest BCUT2D eigenvalue weighted by molar-refractivity contribution is 5.85. The van der Waals surface area contributed by atoms with E-state index in [0.717, 1.165) is 10.9 Å². The zero-order chi connectivity index (χ0) is 11.9. The topological polar surface area (TPSA) is 25.2 Å². The molecule has 1 aromatic heterocycles. The molecule has 2 nitrogen and oxygen atoms in total. The Morgan fingerprint density at radius 2 is 1.94 bits per heavy atom. The summed E-state index contributed by atoms with van der Waals surface area (Å²) >= 11 is 0. The van der Waals surface area contributed by atoms with Crippen LogP contribution in [0.25, 0.3) is 10.9 Å². The quantitative estimate of drug-likeness (QED) is 0.826. The molecule has 0 spiro atoms. The molecule has 0 bridgehead atoms. The summed E-state index contributed by atoms with van der Waals surface area (Å²) in [7, 11) is 0. The molecule has 86 valence electrons. The van der Waals surface area contributed by atoms with Crippen LogP contribution in [0.1, 0.15) is 38.5 Å². The van der Waals surface area contributed by atoms with E-state index in [1.807, 2.05) is 30.7 Å². The summed E-state index contributed by atoms with van der Waals surface area (Å²) in [5, 5.41) is 10.5. The molecule has 2 rings (SSSR count). The average Bonchev–Trinajstić information content (AvgIpc) is 2.58. The summed E-state index contributed by atoms with van der Waals surface area (Å²) in [6.07, 6.45) is 1.26. The van der Waals surface area contributed by atoms with E-state index in [2.05, 4.69) is 0 Å². The number of para-hydroxylation sites is 1. The molecule has 1 atom stereocenters. The predicted molar refractivity (Wildman–Crippen MR) is 62.9 cm³/mol. The third-order valence-electron chi connectivity index (χ3n) is 2.84. The minimum atomic E-state index is -0.579. The van der Waals surface area contributed by atoms with E-state index in [4.69, 9.17) is 0 Å². The molecule has 0 amide bonds. The number of hydrogen-bond donors (Lipinski definition) is 1. The Balaban J connectivity index is 2.82. The first kappa shape index (κ1) is 11.1. The van der Waals surface area contributed by atoms with Crippen LogP contribution in [0.2, 0.25) is 0 Å². The van der Waals surface area contributed by atoms with E-state index >= 15 is 0 Å². The number of benzene rings is 1. The summed E-state index contributed by atoms with van der Waals surface area (Å²) in [6.45, 7) is 5.69. The number of fused-ring (bicyclic) bond motifs is 1. The monoisotopic (exact) mass is 221 g/mol. The zero-order valence-electron chi connectivity index (χ0n) is 9.74. The van der Waals surface area contributed by atoms with Crippen LogP contribution in [0.3, 0.4) is 0 Å². The molecule has 0 aliphatic carbocycles. The lowest BCUT2D eigenvalue weighted by Crippen LogP contribution is -1.99. The molecule has 2 aromatic rings. The van der Waals surface area contributed by atoms with Gasteiger partial charge in [-0.25, -0.2) is 4.39 Å². The first-order valence-electron chi connectivity index (χ1n) is 5.49. The van der Waals surface area contributed by atoms with Gasteiger partial charge in [-0.15, -0.1) is 0 Å². The fourth-order valence-corrected chi connectivity index (χ4v) is 2.03. The number of halogens is 1. The predicted octanol–water partition coefficient (Wildman–Crippen LogP) is 3.41. The minimum Gasteiger partial charge on any atom is -0.389 e. The number of hydrogen-bond acceptors (Lipinski definition) is 1. The van der Waals surface area contributed by atoms with Crippen molar-refractivity contribution in [2.75, 3.05) is 0 Å². The highest BCUT2D eigenvalue weighted by Crippen LogP contribution is 2.30. The van der Waals surface area contributed by atoms with Gasteiger partial charge in [0.05, 0.1) is 11.6 Å². The van der Waals surface area contributed by atoms with E-state index in [0.29, 0.717) is 5.52 Å². The van der Waals surface area contributed by atoms with Gasteiger partial charge in [0.1, 0.15) is 5.82 Å². The lowest BCUT2D eigenvalue weighted by molar-refractivity contribution is 0.200. The van der Waals surface area contributed by atoms with E-state index in [9.17, 15) is 9.50 Å². The van der Waals surface area contributed by atoms with Crippen LogP contribution in [0.4, 0.5) is 4.39 Å². The highest BCUT2D eigenvalue weighted by Gasteiger charge is 2.16. The van der Waals surface area contributed by atoms with Crippen molar-refractivity contribution in [3.05, 3.63) is 35.8 Å². The first-order valence-corrected chi connectivity index (χ1v) is 5.49. The number of nitrogens with zero attached hydrogens (tertiary/aromatic N) is 1. The molecule has 0 fully saturated rings. The van der Waals surface area contributed by atoms with Crippen molar-refractivity contribution in [3.63, 3.8) is 0 Å². The van der Waals surface area contributed by atoms with Crippen LogP contribution in [-0.4, -0.2) is 9.67 Å². The lowest BCUT2D eigenvalue weighted by Gasteiger charge is -2.09. The van der Waals surface area contributed by atoms with E-state index < -0.39 is 6.10 Å². The van der Waals surface area contributed by atoms with Gasteiger partial charge < -0.3 is 9.67 Å². The van der Waals surface area contributed by atoms with Crippen LogP contribution < -0.4 is 0 Å². The van der Waals surface area contributed by atoms with E-state index in [1.165, 1.54) is 6.07 Å². The second-order valence-corrected chi connectivity index (χ2v) is 4.40. The number of aliphatic hydroxyl groups excluding tert-OH is 1. The Labute approximate surface area is 94.3 Å². The van der Waals surface area contributed by atoms with E-state index in [-0.39, 0.29) is 11.9 Å². The molecule has 0 aliphatic heterocycles. The van der Waals surface area contributed by atoms with Crippen LogP contribution in [0, 0.1) is 5.82 Å². The average molecular weight is 221 g/mol. The maximum absolute atomic E-state index is 13.8. The molecular weight excluding hydrogens is 205 g/mol. The van der Waals surface area contributed by atoms with Gasteiger partial charge in [0.25, 0.3) is 0 Å².